The molecule has 0 bridgehead atoms. The van der Waals surface area contributed by atoms with E-state index in [4.69, 9.17) is 9.84 Å². The molecule has 2 atom stereocenters. The fourth-order valence-electron chi connectivity index (χ4n) is 7.30. The van der Waals surface area contributed by atoms with Gasteiger partial charge in [-0.3, -0.25) is 9.35 Å². The maximum atomic E-state index is 11.5. The van der Waals surface area contributed by atoms with E-state index >= 15 is 0 Å². The molecule has 2 aromatic carbocycles. The highest BCUT2D eigenvalue weighted by molar-refractivity contribution is 7.85. The van der Waals surface area contributed by atoms with Gasteiger partial charge < -0.3 is 19.6 Å². The number of nitrogens with zero attached hydrogens (tertiary/aromatic N) is 4. The molecule has 5 heterocycles. The molecule has 0 fully saturated rings. The van der Waals surface area contributed by atoms with Crippen LogP contribution in [0.1, 0.15) is 50.8 Å². The molecule has 43 heavy (non-hydrogen) atoms. The lowest BCUT2D eigenvalue weighted by molar-refractivity contribution is -0.679. The number of hydrogen-bond acceptors (Lipinski definition) is 6. The molecule has 0 amide bonds. The van der Waals surface area contributed by atoms with Gasteiger partial charge in [0.1, 0.15) is 5.82 Å². The van der Waals surface area contributed by atoms with E-state index in [9.17, 15) is 17.8 Å². The topological polar surface area (TPSA) is 116 Å². The molecule has 4 aliphatic rings. The number of fused-ring (bicyclic) bond motifs is 9. The Balaban J connectivity index is 1.31. The maximum absolute atomic E-state index is 11.5. The van der Waals surface area contributed by atoms with E-state index in [1.807, 2.05) is 12.1 Å². The van der Waals surface area contributed by atoms with Gasteiger partial charge in [-0.2, -0.15) is 8.42 Å². The lowest BCUT2D eigenvalue weighted by Gasteiger charge is -2.40. The number of para-hydroxylation sites is 4. The summed E-state index contributed by atoms with van der Waals surface area (Å²) in [5.74, 6) is 1.14. The Hall–Kier alpha value is -3.67. The van der Waals surface area contributed by atoms with E-state index in [-0.39, 0.29) is 24.4 Å². The summed E-state index contributed by atoms with van der Waals surface area (Å²) in [7, 11) is -4.06. The number of carboxylic acid groups (broad SMARTS) is 1. The lowest BCUT2D eigenvalue weighted by atomic mass is 9.90. The van der Waals surface area contributed by atoms with Gasteiger partial charge in [-0.25, -0.2) is 9.13 Å². The summed E-state index contributed by atoms with van der Waals surface area (Å²) in [6, 6.07) is 16.7. The molecule has 4 aliphatic heterocycles. The number of carbonyl (C=O) groups is 1. The van der Waals surface area contributed by atoms with Gasteiger partial charge >= 0.3 is 5.97 Å². The number of aromatic nitrogens is 2. The maximum Gasteiger partial charge on any atom is 0.303 e. The van der Waals surface area contributed by atoms with Gasteiger partial charge in [-0.1, -0.05) is 30.7 Å². The first kappa shape index (κ1) is 28.1. The average molecular weight is 606 g/mol. The minimum absolute atomic E-state index is 0.0206. The summed E-state index contributed by atoms with van der Waals surface area (Å²) in [6.07, 6.45) is 6.89. The van der Waals surface area contributed by atoms with Crippen molar-refractivity contribution >= 4 is 44.1 Å². The Morgan fingerprint density at radius 3 is 2.56 bits per heavy atom. The van der Waals surface area contributed by atoms with Crippen molar-refractivity contribution in [1.29, 1.82) is 0 Å². The van der Waals surface area contributed by atoms with E-state index in [2.05, 4.69) is 61.4 Å². The van der Waals surface area contributed by atoms with Crippen molar-refractivity contribution in [3.8, 4) is 0 Å². The predicted octanol–water partition coefficient (Wildman–Crippen LogP) is 4.35. The summed E-state index contributed by atoms with van der Waals surface area (Å²) in [5.41, 5.74) is 6.75. The number of imidazole rings is 1. The second-order valence-corrected chi connectivity index (χ2v) is 13.4. The number of rotatable bonds is 10. The van der Waals surface area contributed by atoms with Gasteiger partial charge in [0, 0.05) is 37.9 Å². The smallest absolute Gasteiger partial charge is 0.303 e. The molecule has 2 unspecified atom stereocenters. The Labute approximate surface area is 251 Å². The largest absolute Gasteiger partial charge is 0.481 e. The first-order valence-corrected chi connectivity index (χ1v) is 16.8. The highest BCUT2D eigenvalue weighted by Gasteiger charge is 2.45. The van der Waals surface area contributed by atoms with E-state index in [1.165, 1.54) is 11.4 Å². The monoisotopic (exact) mass is 605 g/mol. The van der Waals surface area contributed by atoms with Crippen molar-refractivity contribution in [2.45, 2.75) is 70.2 Å². The molecule has 2 N–H and O–H groups in total. The Kier molecular flexibility index (Phi) is 7.27. The van der Waals surface area contributed by atoms with Gasteiger partial charge in [-0.05, 0) is 49.6 Å². The molecule has 11 heteroatoms. The van der Waals surface area contributed by atoms with Crippen molar-refractivity contribution in [3.63, 3.8) is 0 Å². The van der Waals surface area contributed by atoms with Crippen LogP contribution in [-0.4, -0.2) is 59.7 Å². The van der Waals surface area contributed by atoms with Gasteiger partial charge in [0.2, 0.25) is 0 Å². The van der Waals surface area contributed by atoms with Crippen molar-refractivity contribution in [2.24, 2.45) is 0 Å². The number of aliphatic carboxylic acids is 1. The van der Waals surface area contributed by atoms with E-state index in [0.717, 1.165) is 79.1 Å². The lowest BCUT2D eigenvalue weighted by Crippen LogP contribution is -2.49. The second kappa shape index (κ2) is 11.1. The number of anilines is 2. The molecule has 0 spiro atoms. The quantitative estimate of drug-likeness (QED) is 0.199. The average Bonchev–Trinajstić information content (AvgIpc) is 3.48. The highest BCUT2D eigenvalue weighted by atomic mass is 32.2. The first-order chi connectivity index (χ1) is 20.8. The van der Waals surface area contributed by atoms with E-state index in [0.29, 0.717) is 19.4 Å². The summed E-state index contributed by atoms with van der Waals surface area (Å²) in [5, 5.41) is 9.07. The Morgan fingerprint density at radius 1 is 0.953 bits per heavy atom. The Bertz CT molecular complexity index is 1760. The van der Waals surface area contributed by atoms with Gasteiger partial charge in [0.05, 0.1) is 48.0 Å². The van der Waals surface area contributed by atoms with Crippen LogP contribution < -0.4 is 14.4 Å². The third-order valence-electron chi connectivity index (χ3n) is 9.09. The number of benzene rings is 2. The summed E-state index contributed by atoms with van der Waals surface area (Å²) < 4.78 is 43.9. The molecule has 226 valence electrons. The fraction of sp³-hybridized carbons (Fsp3) is 0.438. The van der Waals surface area contributed by atoms with Crippen molar-refractivity contribution < 1.29 is 32.2 Å². The number of aryl methyl sites for hydroxylation is 2. The van der Waals surface area contributed by atoms with Crippen LogP contribution in [-0.2, 0) is 32.7 Å². The van der Waals surface area contributed by atoms with Crippen LogP contribution in [0.2, 0.25) is 0 Å². The van der Waals surface area contributed by atoms with Gasteiger partial charge in [0.25, 0.3) is 15.9 Å². The molecule has 1 aromatic heterocycles. The zero-order valence-corrected chi connectivity index (χ0v) is 24.9. The molecule has 0 radical (unpaired) electrons. The minimum atomic E-state index is -4.06. The molecule has 7 rings (SSSR count). The molecule has 10 nitrogen and oxygen atoms in total. The Morgan fingerprint density at radius 2 is 1.74 bits per heavy atom. The zero-order valence-electron chi connectivity index (χ0n) is 24.1. The van der Waals surface area contributed by atoms with Crippen molar-refractivity contribution in [3.05, 3.63) is 71.8 Å². The van der Waals surface area contributed by atoms with Crippen molar-refractivity contribution in [1.82, 2.24) is 4.57 Å². The summed E-state index contributed by atoms with van der Waals surface area (Å²) in [4.78, 5) is 15.8. The number of hydrogen-bond donors (Lipinski definition) is 2. The molecular formula is C32H37N4O6S+. The normalized spacial score (nSPS) is 20.8. The predicted molar refractivity (Wildman–Crippen MR) is 163 cm³/mol. The van der Waals surface area contributed by atoms with E-state index < -0.39 is 16.1 Å². The highest BCUT2D eigenvalue weighted by Crippen LogP contribution is 2.48. The minimum Gasteiger partial charge on any atom is -0.481 e. The third kappa shape index (κ3) is 5.13. The van der Waals surface area contributed by atoms with Crippen LogP contribution in [0.4, 0.5) is 11.4 Å². The summed E-state index contributed by atoms with van der Waals surface area (Å²) >= 11 is 0. The van der Waals surface area contributed by atoms with Crippen molar-refractivity contribution in [2.75, 3.05) is 28.6 Å². The molecule has 0 saturated carbocycles. The third-order valence-corrected chi connectivity index (χ3v) is 9.89. The number of unbranched alkanes of at least 4 members (excludes halogenated alkanes) is 2. The van der Waals surface area contributed by atoms with Crippen LogP contribution in [0.25, 0.3) is 16.6 Å². The van der Waals surface area contributed by atoms with Crippen LogP contribution in [0.5, 0.6) is 0 Å². The van der Waals surface area contributed by atoms with Gasteiger partial charge in [-0.15, -0.1) is 0 Å². The van der Waals surface area contributed by atoms with Crippen LogP contribution in [0.3, 0.4) is 0 Å². The standard InChI is InChI=1S/C32H36N4O6S/c37-30(38)13-2-1-7-16-33-24-9-3-5-11-26(24)35-18-14-28-22(31(33)35)21-23-29(42-28)15-19-36-27-12-6-4-10-25(27)34(32(23)36)17-8-20-43(39,40)41/h3-6,9-12,21,28-29H,1-2,7-8,13-20H2,(H-,37,38,39,40,41)/p+1. The van der Waals surface area contributed by atoms with Gasteiger partial charge in [0.15, 0.2) is 11.0 Å². The molecule has 0 saturated heterocycles. The van der Waals surface area contributed by atoms with Crippen LogP contribution >= 0.6 is 0 Å². The SMILES string of the molecule is O=C(O)CCCCCN1C2=C3C=C4c5n(CCCS(=O)(=O)O)c6ccccc6[n+]5CCC4OC3CCN2c2ccccc21. The molecular weight excluding hydrogens is 568 g/mol. The number of carboxylic acids is 1. The van der Waals surface area contributed by atoms with E-state index in [1.54, 1.807) is 0 Å². The fourth-order valence-corrected chi connectivity index (χ4v) is 7.79. The number of ether oxygens (including phenoxy) is 1. The second-order valence-electron chi connectivity index (χ2n) is 11.8. The molecule has 3 aromatic rings. The zero-order chi connectivity index (χ0) is 29.7. The van der Waals surface area contributed by atoms with Crippen LogP contribution in [0.15, 0.2) is 66.0 Å². The molecule has 0 aliphatic carbocycles. The first-order valence-electron chi connectivity index (χ1n) is 15.2. The summed E-state index contributed by atoms with van der Waals surface area (Å²) in [6.45, 7) is 2.92. The van der Waals surface area contributed by atoms with Crippen LogP contribution in [0, 0.1) is 0 Å².